The summed E-state index contributed by atoms with van der Waals surface area (Å²) in [5.74, 6) is 1.46. The second kappa shape index (κ2) is 11.5. The smallest absolute Gasteiger partial charge is 0.283 e. The molecule has 2 aliphatic heterocycles. The molecule has 0 fully saturated rings. The van der Waals surface area contributed by atoms with Crippen LogP contribution in [0, 0.1) is 19.3 Å². The van der Waals surface area contributed by atoms with Gasteiger partial charge in [-0.15, -0.1) is 0 Å². The lowest BCUT2D eigenvalue weighted by Crippen LogP contribution is -2.38. The second-order valence-electron chi connectivity index (χ2n) is 8.93. The molecule has 0 atom stereocenters. The van der Waals surface area contributed by atoms with Crippen molar-refractivity contribution in [3.8, 4) is 17.2 Å². The van der Waals surface area contributed by atoms with E-state index in [0.717, 1.165) is 22.6 Å². The Hall–Kier alpha value is -3.82. The van der Waals surface area contributed by atoms with Gasteiger partial charge in [0.25, 0.3) is 5.91 Å². The molecule has 39 heavy (non-hydrogen) atoms. The Morgan fingerprint density at radius 1 is 1.03 bits per heavy atom. The van der Waals surface area contributed by atoms with Crippen LogP contribution in [-0.2, 0) is 4.79 Å². The van der Waals surface area contributed by atoms with E-state index in [9.17, 15) is 4.79 Å². The van der Waals surface area contributed by atoms with E-state index in [0.29, 0.717) is 39.9 Å². The topological polar surface area (TPSA) is 84.2 Å². The van der Waals surface area contributed by atoms with Crippen LogP contribution in [0.3, 0.4) is 0 Å². The van der Waals surface area contributed by atoms with E-state index in [4.69, 9.17) is 19.6 Å². The minimum Gasteiger partial charge on any atom is -0.493 e. The normalized spacial score (nSPS) is 15.7. The van der Waals surface area contributed by atoms with E-state index in [1.807, 2.05) is 67.8 Å². The first-order chi connectivity index (χ1) is 18.9. The lowest BCUT2D eigenvalue weighted by molar-refractivity contribution is -0.114. The number of amides is 1. The highest BCUT2D eigenvalue weighted by Gasteiger charge is 2.36. The number of carbonyl (C=O) groups excluding carboxylic acids is 1. The molecule has 0 unspecified atom stereocenters. The highest BCUT2D eigenvalue weighted by atomic mass is 79.9. The second-order valence-corrected chi connectivity index (χ2v) is 10.6. The van der Waals surface area contributed by atoms with Crippen molar-refractivity contribution in [3.05, 3.63) is 98.4 Å². The summed E-state index contributed by atoms with van der Waals surface area (Å²) in [5.41, 5.74) is 4.87. The summed E-state index contributed by atoms with van der Waals surface area (Å²) in [6, 6.07) is 19.4. The molecule has 7 nitrogen and oxygen atoms in total. The van der Waals surface area contributed by atoms with Crippen LogP contribution in [0.1, 0.15) is 22.3 Å². The van der Waals surface area contributed by atoms with Crippen molar-refractivity contribution in [2.45, 2.75) is 13.8 Å². The predicted octanol–water partition coefficient (Wildman–Crippen LogP) is 6.84. The van der Waals surface area contributed by atoms with Gasteiger partial charge in [0, 0.05) is 5.41 Å². The summed E-state index contributed by atoms with van der Waals surface area (Å²) in [5, 5.41) is 11.2. The molecule has 9 heteroatoms. The maximum absolute atomic E-state index is 12.9. The molecule has 0 saturated carbocycles. The zero-order chi connectivity index (χ0) is 27.5. The van der Waals surface area contributed by atoms with Gasteiger partial charge in [0.05, 0.1) is 22.9 Å². The number of nitrogens with zero attached hydrogens (tertiary/aromatic N) is 2. The van der Waals surface area contributed by atoms with Crippen LogP contribution in [0.4, 0.5) is 0 Å². The number of nitrogens with one attached hydrogen (secondary N) is 1. The number of aryl methyl sites for hydroxylation is 2. The van der Waals surface area contributed by atoms with Crippen molar-refractivity contribution >= 4 is 56.4 Å². The molecular weight excluding hydrogens is 578 g/mol. The van der Waals surface area contributed by atoms with Gasteiger partial charge in [-0.1, -0.05) is 59.8 Å². The number of fused-ring (bicyclic) bond motifs is 1. The maximum Gasteiger partial charge on any atom is 0.283 e. The minimum absolute atomic E-state index is 0.0732. The third-order valence-electron chi connectivity index (χ3n) is 6.16. The van der Waals surface area contributed by atoms with Gasteiger partial charge in [0.15, 0.2) is 16.7 Å². The van der Waals surface area contributed by atoms with Gasteiger partial charge in [-0.2, -0.15) is 4.99 Å². The fraction of sp³-hybridized carbons (Fsp3) is 0.167. The molecule has 198 valence electrons. The highest BCUT2D eigenvalue weighted by Crippen LogP contribution is 2.39. The summed E-state index contributed by atoms with van der Waals surface area (Å²) in [7, 11) is 1.56. The monoisotopic (exact) mass is 603 g/mol. The molecule has 0 saturated heterocycles. The Balaban J connectivity index is 1.33. The fourth-order valence-electron chi connectivity index (χ4n) is 4.30. The molecule has 2 aliphatic rings. The molecule has 0 aliphatic carbocycles. The number of methoxy groups -OCH3 is 1. The number of thioether (sulfide) groups is 1. The number of amidine groups is 2. The summed E-state index contributed by atoms with van der Waals surface area (Å²) in [6.07, 6.45) is 1.65. The van der Waals surface area contributed by atoms with Crippen LogP contribution in [0.5, 0.6) is 17.2 Å². The number of carbonyl (C=O) groups is 1. The number of rotatable bonds is 8. The minimum atomic E-state index is -0.458. The summed E-state index contributed by atoms with van der Waals surface area (Å²) in [4.78, 5) is 18.8. The molecule has 0 spiro atoms. The van der Waals surface area contributed by atoms with E-state index in [-0.39, 0.29) is 11.4 Å². The first-order valence-corrected chi connectivity index (χ1v) is 13.9. The summed E-state index contributed by atoms with van der Waals surface area (Å²) < 4.78 is 18.1. The molecule has 1 amide bonds. The maximum atomic E-state index is 12.9. The molecule has 1 N–H and O–H groups in total. The lowest BCUT2D eigenvalue weighted by Gasteiger charge is -2.27. The summed E-state index contributed by atoms with van der Waals surface area (Å²) in [6.45, 7) is 4.73. The Labute approximate surface area is 239 Å². The van der Waals surface area contributed by atoms with E-state index in [2.05, 4.69) is 27.0 Å². The Kier molecular flexibility index (Phi) is 7.90. The molecule has 5 rings (SSSR count). The molecule has 0 bridgehead atoms. The van der Waals surface area contributed by atoms with Gasteiger partial charge < -0.3 is 14.2 Å². The van der Waals surface area contributed by atoms with Crippen molar-refractivity contribution in [2.24, 2.45) is 4.99 Å². The number of benzene rings is 3. The predicted molar refractivity (Wildman–Crippen MR) is 160 cm³/mol. The van der Waals surface area contributed by atoms with Crippen molar-refractivity contribution in [1.82, 2.24) is 4.90 Å². The van der Waals surface area contributed by atoms with E-state index >= 15 is 0 Å². The standard InChI is InChI=1S/C30H26BrN3O4S/c1-18-9-10-25(19(2)13-18)37-11-12-38-27-23(31)15-20(16-26(27)36-3)14-22-28(32)34-24(21-7-5-4-6-8-21)17-39-30(34)33-29(22)35/h4-10,13-17,32H,11-12H2,1-3H3/b22-14-,32-28?. The third kappa shape index (κ3) is 5.65. The van der Waals surface area contributed by atoms with Gasteiger partial charge in [-0.05, 0) is 70.7 Å². The number of hydrogen-bond acceptors (Lipinski definition) is 6. The Bertz CT molecular complexity index is 1550. The van der Waals surface area contributed by atoms with Gasteiger partial charge in [0.2, 0.25) is 0 Å². The zero-order valence-corrected chi connectivity index (χ0v) is 24.1. The van der Waals surface area contributed by atoms with Gasteiger partial charge in [0.1, 0.15) is 24.8 Å². The zero-order valence-electron chi connectivity index (χ0n) is 21.7. The molecular formula is C30H26BrN3O4S. The highest BCUT2D eigenvalue weighted by molar-refractivity contribution is 9.10. The van der Waals surface area contributed by atoms with Crippen LogP contribution in [0.25, 0.3) is 11.8 Å². The number of aliphatic imine (C=N–C) groups is 1. The molecule has 0 aromatic heterocycles. The van der Waals surface area contributed by atoms with E-state index in [1.54, 1.807) is 24.2 Å². The van der Waals surface area contributed by atoms with Crippen LogP contribution >= 0.6 is 27.7 Å². The van der Waals surface area contributed by atoms with Crippen LogP contribution in [0.15, 0.2) is 81.1 Å². The van der Waals surface area contributed by atoms with Crippen molar-refractivity contribution in [2.75, 3.05) is 20.3 Å². The van der Waals surface area contributed by atoms with E-state index < -0.39 is 5.91 Å². The SMILES string of the molecule is COc1cc(/C=C2/C(=N)N3C(c4ccccc4)=CSC3=NC2=O)cc(Br)c1OCCOc1ccc(C)cc1C. The van der Waals surface area contributed by atoms with Gasteiger partial charge in [-0.25, -0.2) is 0 Å². The molecule has 2 heterocycles. The van der Waals surface area contributed by atoms with Crippen molar-refractivity contribution < 1.29 is 19.0 Å². The summed E-state index contributed by atoms with van der Waals surface area (Å²) >= 11 is 4.91. The van der Waals surface area contributed by atoms with Gasteiger partial charge in [-0.3, -0.25) is 15.1 Å². The average molecular weight is 605 g/mol. The largest absolute Gasteiger partial charge is 0.493 e. The number of halogens is 1. The first kappa shape index (κ1) is 26.8. The third-order valence-corrected chi connectivity index (χ3v) is 7.58. The van der Waals surface area contributed by atoms with Gasteiger partial charge >= 0.3 is 0 Å². The Morgan fingerprint density at radius 3 is 2.54 bits per heavy atom. The average Bonchev–Trinajstić information content (AvgIpc) is 3.35. The first-order valence-electron chi connectivity index (χ1n) is 12.2. The molecule has 0 radical (unpaired) electrons. The van der Waals surface area contributed by atoms with E-state index in [1.165, 1.54) is 17.3 Å². The molecule has 3 aromatic carbocycles. The quantitative estimate of drug-likeness (QED) is 0.224. The molecule has 3 aromatic rings. The lowest BCUT2D eigenvalue weighted by atomic mass is 10.1. The number of ether oxygens (including phenoxy) is 3. The number of hydrogen-bond donors (Lipinski definition) is 1. The fourth-order valence-corrected chi connectivity index (χ4v) is 5.76. The van der Waals surface area contributed by atoms with Crippen LogP contribution < -0.4 is 14.2 Å². The Morgan fingerprint density at radius 2 is 1.79 bits per heavy atom. The van der Waals surface area contributed by atoms with Crippen LogP contribution in [-0.4, -0.2) is 42.1 Å². The van der Waals surface area contributed by atoms with Crippen molar-refractivity contribution in [1.29, 1.82) is 5.41 Å². The van der Waals surface area contributed by atoms with Crippen LogP contribution in [0.2, 0.25) is 0 Å². The van der Waals surface area contributed by atoms with Crippen molar-refractivity contribution in [3.63, 3.8) is 0 Å².